The highest BCUT2D eigenvalue weighted by Crippen LogP contribution is 2.24. The van der Waals surface area contributed by atoms with Gasteiger partial charge in [-0.05, 0) is 62.5 Å². The number of nitrogens with zero attached hydrogens (tertiary/aromatic N) is 8. The number of aromatic nitrogens is 2. The van der Waals surface area contributed by atoms with E-state index in [1.54, 1.807) is 61.3 Å². The van der Waals surface area contributed by atoms with Gasteiger partial charge in [-0.25, -0.2) is 29.0 Å². The van der Waals surface area contributed by atoms with Gasteiger partial charge < -0.3 is 70.6 Å². The molecule has 0 spiro atoms. The van der Waals surface area contributed by atoms with Gasteiger partial charge in [0.2, 0.25) is 5.91 Å². The number of benzene rings is 2. The number of hydrogen-bond donors (Lipinski definition) is 7. The van der Waals surface area contributed by atoms with Crippen LogP contribution in [0.15, 0.2) is 67.3 Å². The number of unbranched alkanes of at least 4 members (excludes halogenated alkanes) is 2. The third-order valence-corrected chi connectivity index (χ3v) is 13.5. The van der Waals surface area contributed by atoms with Gasteiger partial charge in [-0.1, -0.05) is 55.0 Å². The molecule has 2 aromatic carbocycles. The molecule has 3 saturated heterocycles. The minimum atomic E-state index is -0.901. The number of imidazole rings is 1. The maximum absolute atomic E-state index is 13.0. The summed E-state index contributed by atoms with van der Waals surface area (Å²) in [4.78, 5) is 87.9. The lowest BCUT2D eigenvalue weighted by Crippen LogP contribution is -2.53. The predicted octanol–water partition coefficient (Wildman–Crippen LogP) is 4.24. The number of aryl methyl sites for hydroxylation is 1. The highest BCUT2D eigenvalue weighted by atomic mass is 16.6. The molecule has 8 amide bonds. The Bertz CT molecular complexity index is 2170. The zero-order valence-corrected chi connectivity index (χ0v) is 41.6. The van der Waals surface area contributed by atoms with Crippen LogP contribution in [0, 0.1) is 10.8 Å². The molecule has 23 nitrogen and oxygen atoms in total. The molecule has 7 rings (SSSR count). The van der Waals surface area contributed by atoms with Crippen molar-refractivity contribution >= 4 is 47.9 Å². The fourth-order valence-corrected chi connectivity index (χ4v) is 8.94. The van der Waals surface area contributed by atoms with Crippen molar-refractivity contribution in [3.63, 3.8) is 0 Å². The first kappa shape index (κ1) is 54.7. The molecule has 1 aliphatic carbocycles. The summed E-state index contributed by atoms with van der Waals surface area (Å²) in [7, 11) is 0. The van der Waals surface area contributed by atoms with Gasteiger partial charge in [-0.3, -0.25) is 15.6 Å². The first-order valence-corrected chi connectivity index (χ1v) is 25.3. The van der Waals surface area contributed by atoms with E-state index in [1.807, 2.05) is 35.0 Å². The Balaban J connectivity index is 0.000000344. The lowest BCUT2D eigenvalue weighted by Gasteiger charge is -2.36. The van der Waals surface area contributed by atoms with Gasteiger partial charge in [0.05, 0.1) is 6.33 Å². The summed E-state index contributed by atoms with van der Waals surface area (Å²) < 4.78 is 13.8. The maximum atomic E-state index is 13.0. The number of carbonyl (C=O) groups is 6. The zero-order valence-electron chi connectivity index (χ0n) is 41.6. The Morgan fingerprint density at radius 3 is 1.38 bits per heavy atom. The van der Waals surface area contributed by atoms with Gasteiger partial charge in [0.25, 0.3) is 0 Å². The molecule has 4 heterocycles. The van der Waals surface area contributed by atoms with Crippen molar-refractivity contribution in [3.05, 3.63) is 89.5 Å². The molecule has 4 aliphatic rings. The molecule has 396 valence electrons. The smallest absolute Gasteiger partial charge is 0.410 e. The van der Waals surface area contributed by atoms with E-state index in [4.69, 9.17) is 36.9 Å². The molecule has 9 N–H and O–H groups in total. The van der Waals surface area contributed by atoms with Gasteiger partial charge in [0.1, 0.15) is 23.9 Å². The summed E-state index contributed by atoms with van der Waals surface area (Å²) in [5.41, 5.74) is 14.0. The second-order valence-electron chi connectivity index (χ2n) is 18.6. The SMILES string of the molecule is N=C(N)c1ccc(CNC(=O)N2CCN(C(=O)OC3CCCC(OC(=O)N4CCN(C(=O)NCc5ccc(C(=N)N)cc5)CC4)CCC3)CC2)cc1.O=C(O)N1CCN(C(=O)CCCCCn2ccnc2)CC1. The van der Waals surface area contributed by atoms with Crippen LogP contribution in [0.5, 0.6) is 0 Å². The number of hydrogen-bond acceptors (Lipinski definition) is 11. The normalized spacial score (nSPS) is 18.2. The molecule has 3 aromatic rings. The van der Waals surface area contributed by atoms with Crippen LogP contribution in [-0.2, 0) is 33.9 Å². The van der Waals surface area contributed by atoms with Crippen LogP contribution in [0.2, 0.25) is 0 Å². The minimum absolute atomic E-state index is 0.00518. The van der Waals surface area contributed by atoms with E-state index in [-0.39, 0.29) is 54.0 Å². The molecule has 4 fully saturated rings. The topological polar surface area (TPSA) is 302 Å². The molecule has 1 saturated carbocycles. The number of nitrogens with one attached hydrogen (secondary N) is 4. The van der Waals surface area contributed by atoms with Crippen LogP contribution in [0.4, 0.5) is 24.0 Å². The number of urea groups is 2. The maximum Gasteiger partial charge on any atom is 0.410 e. The molecule has 73 heavy (non-hydrogen) atoms. The van der Waals surface area contributed by atoms with Crippen molar-refractivity contribution in [3.8, 4) is 0 Å². The van der Waals surface area contributed by atoms with Gasteiger partial charge in [0.15, 0.2) is 0 Å². The van der Waals surface area contributed by atoms with Crippen molar-refractivity contribution < 1.29 is 43.3 Å². The van der Waals surface area contributed by atoms with Gasteiger partial charge in [-0.2, -0.15) is 0 Å². The first-order valence-electron chi connectivity index (χ1n) is 25.3. The number of amidine groups is 2. The highest BCUT2D eigenvalue weighted by Gasteiger charge is 2.30. The summed E-state index contributed by atoms with van der Waals surface area (Å²) in [6.07, 6.45) is 11.2. The standard InChI is InChI=1S/C36H50N10O6.C14H22N4O3/c37-31(38)27-11-7-25(8-12-27)23-41-33(47)43-15-19-45(20-16-43)35(49)51-29-3-1-4-30(6-2-5-29)52-36(50)46-21-17-44(18-22-46)34(48)42-24-26-9-13-28(14-10-26)32(39)40;19-13(17-8-10-18(11-9-17)14(20)21)4-2-1-3-6-16-7-5-15-12-16/h7-14,29-30H,1-6,15-24H2,(H3,37,38)(H3,39,40)(H,41,47)(H,42,48);5,7,12H,1-4,6,8-11H2,(H,20,21). The summed E-state index contributed by atoms with van der Waals surface area (Å²) in [5, 5.41) is 29.6. The summed E-state index contributed by atoms with van der Waals surface area (Å²) in [5.74, 6) is 0.131. The van der Waals surface area contributed by atoms with E-state index in [0.29, 0.717) is 135 Å². The predicted molar refractivity (Wildman–Crippen MR) is 271 cm³/mol. The summed E-state index contributed by atoms with van der Waals surface area (Å²) >= 11 is 0. The second kappa shape index (κ2) is 27.9. The van der Waals surface area contributed by atoms with E-state index in [9.17, 15) is 28.8 Å². The average Bonchev–Trinajstić information content (AvgIpc) is 3.92. The molecule has 0 atom stereocenters. The zero-order chi connectivity index (χ0) is 52.1. The highest BCUT2D eigenvalue weighted by molar-refractivity contribution is 5.95. The molecular weight excluding hydrogens is 941 g/mol. The van der Waals surface area contributed by atoms with Gasteiger partial charge in [0, 0.05) is 128 Å². The van der Waals surface area contributed by atoms with Crippen LogP contribution in [0.25, 0.3) is 0 Å². The number of amides is 8. The minimum Gasteiger partial charge on any atom is -0.465 e. The van der Waals surface area contributed by atoms with E-state index in [1.165, 1.54) is 4.90 Å². The fourth-order valence-electron chi connectivity index (χ4n) is 8.94. The molecular formula is C50H72N14O9. The summed E-state index contributed by atoms with van der Waals surface area (Å²) in [6, 6.07) is 13.9. The third-order valence-electron chi connectivity index (χ3n) is 13.5. The Labute approximate surface area is 426 Å². The van der Waals surface area contributed by atoms with Gasteiger partial charge in [-0.15, -0.1) is 0 Å². The molecule has 3 aliphatic heterocycles. The molecule has 0 bridgehead atoms. The van der Waals surface area contributed by atoms with Crippen molar-refractivity contribution in [2.24, 2.45) is 11.5 Å². The molecule has 0 radical (unpaired) electrons. The van der Waals surface area contributed by atoms with Crippen molar-refractivity contribution in [1.29, 1.82) is 10.8 Å². The Morgan fingerprint density at radius 1 is 0.575 bits per heavy atom. The van der Waals surface area contributed by atoms with Crippen LogP contribution in [0.3, 0.4) is 0 Å². The Kier molecular flexibility index (Phi) is 20.9. The number of nitrogens with two attached hydrogens (primary N) is 2. The van der Waals surface area contributed by atoms with Crippen molar-refractivity contribution in [2.45, 2.75) is 96.1 Å². The van der Waals surface area contributed by atoms with Crippen LogP contribution < -0.4 is 22.1 Å². The van der Waals surface area contributed by atoms with Crippen LogP contribution in [0.1, 0.15) is 86.5 Å². The Morgan fingerprint density at radius 2 is 0.986 bits per heavy atom. The number of carbonyl (C=O) groups excluding carboxylic acids is 5. The van der Waals surface area contributed by atoms with E-state index >= 15 is 0 Å². The lowest BCUT2D eigenvalue weighted by molar-refractivity contribution is -0.132. The fraction of sp³-hybridized carbons (Fsp3) is 0.540. The quantitative estimate of drug-likeness (QED) is 0.0678. The van der Waals surface area contributed by atoms with Crippen molar-refractivity contribution in [2.75, 3.05) is 78.5 Å². The monoisotopic (exact) mass is 1010 g/mol. The number of piperazine rings is 3. The van der Waals surface area contributed by atoms with Gasteiger partial charge >= 0.3 is 30.3 Å². The number of ether oxygens (including phenoxy) is 2. The molecule has 0 unspecified atom stereocenters. The Hall–Kier alpha value is -7.59. The van der Waals surface area contributed by atoms with Crippen LogP contribution in [-0.4, -0.2) is 183 Å². The molecule has 1 aromatic heterocycles. The van der Waals surface area contributed by atoms with E-state index < -0.39 is 6.09 Å². The number of carboxylic acid groups (broad SMARTS) is 1. The first-order chi connectivity index (χ1) is 35.2. The number of rotatable bonds is 14. The van der Waals surface area contributed by atoms with E-state index in [0.717, 1.165) is 49.8 Å². The summed E-state index contributed by atoms with van der Waals surface area (Å²) in [6.45, 7) is 6.68. The van der Waals surface area contributed by atoms with Crippen molar-refractivity contribution in [1.82, 2.24) is 49.6 Å². The molecule has 23 heteroatoms. The van der Waals surface area contributed by atoms with E-state index in [2.05, 4.69) is 15.6 Å². The average molecular weight is 1010 g/mol. The second-order valence-corrected chi connectivity index (χ2v) is 18.6. The van der Waals surface area contributed by atoms with Crippen LogP contribution >= 0.6 is 0 Å². The lowest BCUT2D eigenvalue weighted by atomic mass is 9.96. The third kappa shape index (κ3) is 17.6. The number of nitrogen functional groups attached to an aromatic ring is 2. The largest absolute Gasteiger partial charge is 0.465 e.